The van der Waals surface area contributed by atoms with Crippen molar-refractivity contribution in [1.29, 1.82) is 0 Å². The smallest absolute Gasteiger partial charge is 0.233 e. The van der Waals surface area contributed by atoms with E-state index in [0.717, 1.165) is 31.2 Å². The van der Waals surface area contributed by atoms with Crippen molar-refractivity contribution in [3.8, 4) is 0 Å². The molecule has 1 aromatic carbocycles. The fraction of sp³-hybridized carbons (Fsp3) is 0.526. The van der Waals surface area contributed by atoms with E-state index in [2.05, 4.69) is 44.7 Å². The third-order valence-electron chi connectivity index (χ3n) is 4.64. The van der Waals surface area contributed by atoms with E-state index in [4.69, 9.17) is 4.74 Å². The number of hydrogen-bond donors (Lipinski definition) is 1. The van der Waals surface area contributed by atoms with Crippen molar-refractivity contribution in [3.05, 3.63) is 42.2 Å². The van der Waals surface area contributed by atoms with Crippen molar-refractivity contribution in [3.63, 3.8) is 0 Å². The summed E-state index contributed by atoms with van der Waals surface area (Å²) in [7, 11) is 1.66. The monoisotopic (exact) mass is 389 g/mol. The van der Waals surface area contributed by atoms with E-state index >= 15 is 0 Å². The lowest BCUT2D eigenvalue weighted by molar-refractivity contribution is -0.120. The Kier molecular flexibility index (Phi) is 7.25. The lowest BCUT2D eigenvalue weighted by Gasteiger charge is -2.18. The molecule has 0 radical (unpaired) electrons. The summed E-state index contributed by atoms with van der Waals surface area (Å²) >= 11 is 1.43. The topological polar surface area (TPSA) is 72.3 Å². The number of amides is 1. The first kappa shape index (κ1) is 19.9. The van der Waals surface area contributed by atoms with Crippen molar-refractivity contribution in [2.45, 2.75) is 42.9 Å². The number of rotatable bonds is 9. The van der Waals surface area contributed by atoms with Gasteiger partial charge in [-0.3, -0.25) is 9.69 Å². The van der Waals surface area contributed by atoms with Gasteiger partial charge in [-0.2, -0.15) is 0 Å². The van der Waals surface area contributed by atoms with E-state index < -0.39 is 0 Å². The summed E-state index contributed by atoms with van der Waals surface area (Å²) in [6, 6.07) is 10.7. The largest absolute Gasteiger partial charge is 0.383 e. The number of thioether (sulfide) groups is 1. The van der Waals surface area contributed by atoms with Crippen LogP contribution in [-0.4, -0.2) is 63.7 Å². The van der Waals surface area contributed by atoms with Crippen molar-refractivity contribution in [2.75, 3.05) is 26.8 Å². The van der Waals surface area contributed by atoms with Gasteiger partial charge in [0.05, 0.1) is 11.9 Å². The Balaban J connectivity index is 1.45. The Morgan fingerprint density at radius 1 is 1.41 bits per heavy atom. The molecule has 0 saturated carbocycles. The predicted molar refractivity (Wildman–Crippen MR) is 105 cm³/mol. The van der Waals surface area contributed by atoms with Gasteiger partial charge in [0.25, 0.3) is 0 Å². The average molecular weight is 390 g/mol. The molecule has 1 aliphatic heterocycles. The summed E-state index contributed by atoms with van der Waals surface area (Å²) in [4.78, 5) is 15.0. The molecule has 7 nitrogen and oxygen atoms in total. The van der Waals surface area contributed by atoms with Gasteiger partial charge in [0.15, 0.2) is 5.16 Å². The number of ether oxygens (including phenoxy) is 1. The molecule has 2 aromatic rings. The first-order valence-electron chi connectivity index (χ1n) is 9.25. The fourth-order valence-corrected chi connectivity index (χ4v) is 4.00. The van der Waals surface area contributed by atoms with Crippen LogP contribution in [-0.2, 0) is 22.6 Å². The standard InChI is InChI=1S/C19H27N5O2S/c1-15(27-19-22-20-14-24(19)10-11-26-2)18(25)21-17-8-9-23(13-17)12-16-6-4-3-5-7-16/h3-7,14-15,17H,8-13H2,1-2H3,(H,21,25). The van der Waals surface area contributed by atoms with Gasteiger partial charge < -0.3 is 14.6 Å². The van der Waals surface area contributed by atoms with Gasteiger partial charge in [-0.1, -0.05) is 42.1 Å². The van der Waals surface area contributed by atoms with Crippen molar-refractivity contribution >= 4 is 17.7 Å². The molecule has 1 saturated heterocycles. The Morgan fingerprint density at radius 3 is 3.00 bits per heavy atom. The molecule has 0 bridgehead atoms. The number of carbonyl (C=O) groups is 1. The normalized spacial score (nSPS) is 18.5. The number of benzene rings is 1. The summed E-state index contributed by atoms with van der Waals surface area (Å²) in [6.45, 7) is 6.00. The molecule has 1 amide bonds. The maximum Gasteiger partial charge on any atom is 0.233 e. The molecule has 0 aliphatic carbocycles. The molecular formula is C19H27N5O2S. The molecule has 2 atom stereocenters. The van der Waals surface area contributed by atoms with Crippen molar-refractivity contribution < 1.29 is 9.53 Å². The number of carbonyl (C=O) groups excluding carboxylic acids is 1. The Hall–Kier alpha value is -1.90. The second-order valence-corrected chi connectivity index (χ2v) is 8.08. The van der Waals surface area contributed by atoms with Gasteiger partial charge in [0, 0.05) is 39.3 Å². The van der Waals surface area contributed by atoms with E-state index in [1.54, 1.807) is 13.4 Å². The zero-order valence-corrected chi connectivity index (χ0v) is 16.7. The van der Waals surface area contributed by atoms with Gasteiger partial charge in [-0.15, -0.1) is 10.2 Å². The number of nitrogens with one attached hydrogen (secondary N) is 1. The third kappa shape index (κ3) is 5.79. The minimum absolute atomic E-state index is 0.0489. The second kappa shape index (κ2) is 9.87. The number of likely N-dealkylation sites (tertiary alicyclic amines) is 1. The van der Waals surface area contributed by atoms with Crippen LogP contribution in [0.3, 0.4) is 0 Å². The third-order valence-corrected chi connectivity index (χ3v) is 5.73. The van der Waals surface area contributed by atoms with Crippen LogP contribution in [0.5, 0.6) is 0 Å². The highest BCUT2D eigenvalue weighted by molar-refractivity contribution is 8.00. The maximum atomic E-state index is 12.6. The number of nitrogens with zero attached hydrogens (tertiary/aromatic N) is 4. The van der Waals surface area contributed by atoms with Crippen molar-refractivity contribution in [2.24, 2.45) is 0 Å². The van der Waals surface area contributed by atoms with E-state index in [1.807, 2.05) is 17.6 Å². The summed E-state index contributed by atoms with van der Waals surface area (Å²) in [5.74, 6) is 0.0489. The molecule has 2 unspecified atom stereocenters. The van der Waals surface area contributed by atoms with Gasteiger partial charge in [0.2, 0.25) is 5.91 Å². The first-order chi connectivity index (χ1) is 13.2. The lowest BCUT2D eigenvalue weighted by Crippen LogP contribution is -2.40. The van der Waals surface area contributed by atoms with E-state index in [9.17, 15) is 4.79 Å². The Morgan fingerprint density at radius 2 is 2.22 bits per heavy atom. The summed E-state index contributed by atoms with van der Waals surface area (Å²) < 4.78 is 7.01. The highest BCUT2D eigenvalue weighted by atomic mass is 32.2. The number of methoxy groups -OCH3 is 1. The molecule has 1 N–H and O–H groups in total. The summed E-state index contributed by atoms with van der Waals surface area (Å²) in [6.07, 6.45) is 2.66. The summed E-state index contributed by atoms with van der Waals surface area (Å²) in [5.41, 5.74) is 1.31. The Labute approximate surface area is 164 Å². The maximum absolute atomic E-state index is 12.6. The van der Waals surface area contributed by atoms with Crippen molar-refractivity contribution in [1.82, 2.24) is 25.0 Å². The Bertz CT molecular complexity index is 724. The second-order valence-electron chi connectivity index (χ2n) is 6.77. The van der Waals surface area contributed by atoms with Gasteiger partial charge in [-0.05, 0) is 18.9 Å². The van der Waals surface area contributed by atoms with Crippen LogP contribution in [0.1, 0.15) is 18.9 Å². The molecule has 3 rings (SSSR count). The highest BCUT2D eigenvalue weighted by Crippen LogP contribution is 2.22. The van der Waals surface area contributed by atoms with E-state index in [-0.39, 0.29) is 17.2 Å². The average Bonchev–Trinajstić information content (AvgIpc) is 3.30. The SMILES string of the molecule is COCCn1cnnc1SC(C)C(=O)NC1CCN(Cc2ccccc2)C1. The molecule has 1 aromatic heterocycles. The predicted octanol–water partition coefficient (Wildman–Crippen LogP) is 1.80. The van der Waals surface area contributed by atoms with Gasteiger partial charge >= 0.3 is 0 Å². The lowest BCUT2D eigenvalue weighted by atomic mass is 10.2. The zero-order valence-electron chi connectivity index (χ0n) is 15.9. The molecule has 1 aliphatic rings. The van der Waals surface area contributed by atoms with Crippen LogP contribution in [0, 0.1) is 0 Å². The molecule has 8 heteroatoms. The number of hydrogen-bond acceptors (Lipinski definition) is 6. The van der Waals surface area contributed by atoms with Gasteiger partial charge in [-0.25, -0.2) is 0 Å². The molecule has 1 fully saturated rings. The highest BCUT2D eigenvalue weighted by Gasteiger charge is 2.26. The van der Waals surface area contributed by atoms with Crippen LogP contribution in [0.4, 0.5) is 0 Å². The van der Waals surface area contributed by atoms with Crippen LogP contribution >= 0.6 is 11.8 Å². The number of aromatic nitrogens is 3. The molecule has 0 spiro atoms. The first-order valence-corrected chi connectivity index (χ1v) is 10.1. The van der Waals surface area contributed by atoms with E-state index in [0.29, 0.717) is 13.2 Å². The van der Waals surface area contributed by atoms with E-state index in [1.165, 1.54) is 17.3 Å². The zero-order chi connectivity index (χ0) is 19.1. The van der Waals surface area contributed by atoms with Crippen LogP contribution < -0.4 is 5.32 Å². The van der Waals surface area contributed by atoms with Crippen LogP contribution in [0.25, 0.3) is 0 Å². The van der Waals surface area contributed by atoms with Crippen LogP contribution in [0.15, 0.2) is 41.8 Å². The summed E-state index contributed by atoms with van der Waals surface area (Å²) in [5, 5.41) is 11.8. The quantitative estimate of drug-likeness (QED) is 0.660. The molecule has 27 heavy (non-hydrogen) atoms. The van der Waals surface area contributed by atoms with Crippen LogP contribution in [0.2, 0.25) is 0 Å². The molecule has 146 valence electrons. The minimum atomic E-state index is -0.223. The molecule has 2 heterocycles. The van der Waals surface area contributed by atoms with Gasteiger partial charge in [0.1, 0.15) is 6.33 Å². The minimum Gasteiger partial charge on any atom is -0.383 e. The molecular weight excluding hydrogens is 362 g/mol. The fourth-order valence-electron chi connectivity index (χ4n) is 3.14.